The molecule has 0 spiro atoms. The van der Waals surface area contributed by atoms with Crippen LogP contribution < -0.4 is 21.1 Å². The Balaban J connectivity index is 2.19. The quantitative estimate of drug-likeness (QED) is 0.608. The molecule has 0 unspecified atom stereocenters. The number of carbonyl (C=O) groups is 2. The molecule has 1 aromatic rings. The Hall–Kier alpha value is -2.24. The monoisotopic (exact) mass is 307 g/mol. The Morgan fingerprint density at radius 1 is 1.14 bits per heavy atom. The molecule has 0 heterocycles. The minimum atomic E-state index is -0.533. The van der Waals surface area contributed by atoms with Crippen LogP contribution in [0.15, 0.2) is 24.3 Å². The minimum Gasteiger partial charge on any atom is -0.491 e. The molecular weight excluding hydrogens is 282 g/mol. The number of unbranched alkanes of at least 4 members (excludes halogenated alkanes) is 1. The molecule has 0 aliphatic rings. The number of benzene rings is 1. The van der Waals surface area contributed by atoms with Crippen LogP contribution >= 0.6 is 0 Å². The van der Waals surface area contributed by atoms with Crippen molar-refractivity contribution in [1.82, 2.24) is 10.6 Å². The molecule has 0 radical (unpaired) electrons. The van der Waals surface area contributed by atoms with Gasteiger partial charge in [0, 0.05) is 19.5 Å². The standard InChI is InChI=1S/C16H25N3O3/c1-12(2)22-14-8-6-13(7-9-14)11-19-15(20)5-3-4-10-18-16(17)21/h6-9,12H,3-5,10-11H2,1-2H3,(H,19,20)(H3,17,18,21). The van der Waals surface area contributed by atoms with E-state index in [-0.39, 0.29) is 12.0 Å². The number of nitrogens with two attached hydrogens (primary N) is 1. The molecule has 0 saturated carbocycles. The minimum absolute atomic E-state index is 0.00146. The van der Waals surface area contributed by atoms with Crippen molar-refractivity contribution in [3.05, 3.63) is 29.8 Å². The molecule has 0 fully saturated rings. The van der Waals surface area contributed by atoms with Gasteiger partial charge in [-0.05, 0) is 44.4 Å². The van der Waals surface area contributed by atoms with Gasteiger partial charge < -0.3 is 21.1 Å². The smallest absolute Gasteiger partial charge is 0.312 e. The zero-order valence-corrected chi connectivity index (χ0v) is 13.2. The van der Waals surface area contributed by atoms with Crippen molar-refractivity contribution in [2.24, 2.45) is 5.73 Å². The Kier molecular flexibility index (Phi) is 7.81. The van der Waals surface area contributed by atoms with Crippen molar-refractivity contribution in [3.8, 4) is 5.75 Å². The summed E-state index contributed by atoms with van der Waals surface area (Å²) in [4.78, 5) is 22.1. The second-order valence-corrected chi connectivity index (χ2v) is 5.34. The molecule has 122 valence electrons. The highest BCUT2D eigenvalue weighted by Crippen LogP contribution is 2.13. The fourth-order valence-corrected chi connectivity index (χ4v) is 1.87. The van der Waals surface area contributed by atoms with Gasteiger partial charge in [-0.2, -0.15) is 0 Å². The average Bonchev–Trinajstić information content (AvgIpc) is 2.45. The summed E-state index contributed by atoms with van der Waals surface area (Å²) in [5.74, 6) is 0.827. The highest BCUT2D eigenvalue weighted by atomic mass is 16.5. The third-order valence-corrected chi connectivity index (χ3v) is 2.91. The predicted octanol–water partition coefficient (Wildman–Crippen LogP) is 1.93. The second-order valence-electron chi connectivity index (χ2n) is 5.34. The van der Waals surface area contributed by atoms with Gasteiger partial charge in [0.15, 0.2) is 0 Å². The van der Waals surface area contributed by atoms with E-state index in [1.165, 1.54) is 0 Å². The molecule has 0 saturated heterocycles. The van der Waals surface area contributed by atoms with E-state index < -0.39 is 6.03 Å². The van der Waals surface area contributed by atoms with Crippen LogP contribution in [-0.2, 0) is 11.3 Å². The maximum absolute atomic E-state index is 11.7. The number of nitrogens with one attached hydrogen (secondary N) is 2. The molecule has 4 N–H and O–H groups in total. The lowest BCUT2D eigenvalue weighted by Crippen LogP contribution is -2.30. The van der Waals surface area contributed by atoms with Crippen molar-refractivity contribution >= 4 is 11.9 Å². The summed E-state index contributed by atoms with van der Waals surface area (Å²) >= 11 is 0. The molecule has 1 aromatic carbocycles. The number of amides is 3. The summed E-state index contributed by atoms with van der Waals surface area (Å²) in [6.07, 6.45) is 2.04. The number of rotatable bonds is 9. The average molecular weight is 307 g/mol. The fraction of sp³-hybridized carbons (Fsp3) is 0.500. The highest BCUT2D eigenvalue weighted by Gasteiger charge is 2.02. The zero-order chi connectivity index (χ0) is 16.4. The highest BCUT2D eigenvalue weighted by molar-refractivity contribution is 5.75. The molecule has 6 heteroatoms. The number of ether oxygens (including phenoxy) is 1. The lowest BCUT2D eigenvalue weighted by molar-refractivity contribution is -0.121. The Morgan fingerprint density at radius 3 is 2.41 bits per heavy atom. The molecule has 0 atom stereocenters. The van der Waals surface area contributed by atoms with Crippen molar-refractivity contribution in [3.63, 3.8) is 0 Å². The van der Waals surface area contributed by atoms with Gasteiger partial charge in [-0.1, -0.05) is 12.1 Å². The summed E-state index contributed by atoms with van der Waals surface area (Å²) in [7, 11) is 0. The maximum atomic E-state index is 11.7. The summed E-state index contributed by atoms with van der Waals surface area (Å²) < 4.78 is 5.56. The molecule has 0 aliphatic heterocycles. The molecular formula is C16H25N3O3. The Labute approximate surface area is 131 Å². The topological polar surface area (TPSA) is 93.4 Å². The zero-order valence-electron chi connectivity index (χ0n) is 13.2. The van der Waals surface area contributed by atoms with Crippen LogP contribution in [0.4, 0.5) is 4.79 Å². The van der Waals surface area contributed by atoms with Crippen LogP contribution in [0, 0.1) is 0 Å². The molecule has 0 aliphatic carbocycles. The van der Waals surface area contributed by atoms with Gasteiger partial charge in [-0.3, -0.25) is 4.79 Å². The third kappa shape index (κ3) is 8.14. The lowest BCUT2D eigenvalue weighted by atomic mass is 10.2. The van der Waals surface area contributed by atoms with E-state index in [2.05, 4.69) is 10.6 Å². The van der Waals surface area contributed by atoms with E-state index in [1.807, 2.05) is 38.1 Å². The molecule has 3 amide bonds. The van der Waals surface area contributed by atoms with Gasteiger partial charge in [0.1, 0.15) is 5.75 Å². The number of carbonyl (C=O) groups excluding carboxylic acids is 2. The van der Waals surface area contributed by atoms with Gasteiger partial charge in [0.05, 0.1) is 6.10 Å². The van der Waals surface area contributed by atoms with Crippen molar-refractivity contribution in [2.75, 3.05) is 6.54 Å². The molecule has 0 bridgehead atoms. The first-order valence-electron chi connectivity index (χ1n) is 7.53. The van der Waals surface area contributed by atoms with Gasteiger partial charge in [0.25, 0.3) is 0 Å². The van der Waals surface area contributed by atoms with E-state index >= 15 is 0 Å². The number of urea groups is 1. The predicted molar refractivity (Wildman–Crippen MR) is 85.5 cm³/mol. The van der Waals surface area contributed by atoms with Crippen LogP contribution in [0.25, 0.3) is 0 Å². The number of hydrogen-bond acceptors (Lipinski definition) is 3. The van der Waals surface area contributed by atoms with E-state index in [0.717, 1.165) is 17.7 Å². The Morgan fingerprint density at radius 2 is 1.82 bits per heavy atom. The van der Waals surface area contributed by atoms with Crippen LogP contribution in [0.2, 0.25) is 0 Å². The number of hydrogen-bond donors (Lipinski definition) is 3. The fourth-order valence-electron chi connectivity index (χ4n) is 1.87. The van der Waals surface area contributed by atoms with E-state index in [0.29, 0.717) is 25.9 Å². The van der Waals surface area contributed by atoms with E-state index in [1.54, 1.807) is 0 Å². The summed E-state index contributed by atoms with van der Waals surface area (Å²) in [5, 5.41) is 5.36. The largest absolute Gasteiger partial charge is 0.491 e. The third-order valence-electron chi connectivity index (χ3n) is 2.91. The van der Waals surface area contributed by atoms with Gasteiger partial charge in [-0.15, -0.1) is 0 Å². The Bertz CT molecular complexity index is 472. The molecule has 0 aromatic heterocycles. The van der Waals surface area contributed by atoms with Crippen molar-refractivity contribution < 1.29 is 14.3 Å². The molecule has 1 rings (SSSR count). The first kappa shape index (κ1) is 17.8. The summed E-state index contributed by atoms with van der Waals surface area (Å²) in [6.45, 7) is 4.96. The first-order valence-corrected chi connectivity index (χ1v) is 7.53. The first-order chi connectivity index (χ1) is 10.5. The van der Waals surface area contributed by atoms with Crippen LogP contribution in [0.5, 0.6) is 5.75 Å². The maximum Gasteiger partial charge on any atom is 0.312 e. The van der Waals surface area contributed by atoms with Crippen LogP contribution in [0.1, 0.15) is 38.7 Å². The van der Waals surface area contributed by atoms with Gasteiger partial charge >= 0.3 is 6.03 Å². The van der Waals surface area contributed by atoms with Crippen molar-refractivity contribution in [2.45, 2.75) is 45.8 Å². The lowest BCUT2D eigenvalue weighted by Gasteiger charge is -2.10. The van der Waals surface area contributed by atoms with E-state index in [9.17, 15) is 9.59 Å². The van der Waals surface area contributed by atoms with E-state index in [4.69, 9.17) is 10.5 Å². The second kappa shape index (κ2) is 9.65. The van der Waals surface area contributed by atoms with Crippen LogP contribution in [0.3, 0.4) is 0 Å². The van der Waals surface area contributed by atoms with Crippen LogP contribution in [-0.4, -0.2) is 24.6 Å². The molecule has 6 nitrogen and oxygen atoms in total. The van der Waals surface area contributed by atoms with Gasteiger partial charge in [0.2, 0.25) is 5.91 Å². The van der Waals surface area contributed by atoms with Crippen molar-refractivity contribution in [1.29, 1.82) is 0 Å². The summed E-state index contributed by atoms with van der Waals surface area (Å²) in [6, 6.07) is 7.15. The molecule has 22 heavy (non-hydrogen) atoms. The normalized spacial score (nSPS) is 10.3. The van der Waals surface area contributed by atoms with Gasteiger partial charge in [-0.25, -0.2) is 4.79 Å². The SMILES string of the molecule is CC(C)Oc1ccc(CNC(=O)CCCCNC(N)=O)cc1. The number of primary amides is 1. The summed E-state index contributed by atoms with van der Waals surface area (Å²) in [5.41, 5.74) is 5.97.